The zero-order valence-electron chi connectivity index (χ0n) is 12.1. The molecule has 0 saturated carbocycles. The zero-order valence-corrected chi connectivity index (χ0v) is 12.1. The summed E-state index contributed by atoms with van der Waals surface area (Å²) in [6.45, 7) is 9.33. The lowest BCUT2D eigenvalue weighted by atomic mass is 9.93. The molecule has 0 unspecified atom stereocenters. The number of aryl methyl sites for hydroxylation is 2. The molecule has 0 aliphatic heterocycles. The van der Waals surface area contributed by atoms with Gasteiger partial charge in [0.05, 0.1) is 0 Å². The maximum atomic E-state index is 12.4. The topological polar surface area (TPSA) is 46.3 Å². The van der Waals surface area contributed by atoms with Crippen LogP contribution in [0.25, 0.3) is 0 Å². The number of carbonyl (C=O) groups is 1. The molecule has 2 N–H and O–H groups in total. The molecule has 0 atom stereocenters. The highest BCUT2D eigenvalue weighted by atomic mass is 16.2. The quantitative estimate of drug-likeness (QED) is 0.889. The Balaban J connectivity index is 2.90. The molecule has 0 heterocycles. The summed E-state index contributed by atoms with van der Waals surface area (Å²) in [5, 5.41) is 0. The van der Waals surface area contributed by atoms with Crippen molar-refractivity contribution in [1.82, 2.24) is 4.90 Å². The summed E-state index contributed by atoms with van der Waals surface area (Å²) >= 11 is 0. The minimum Gasteiger partial charge on any atom is -0.341 e. The van der Waals surface area contributed by atoms with E-state index in [2.05, 4.69) is 13.8 Å². The summed E-state index contributed by atoms with van der Waals surface area (Å²) in [5.41, 5.74) is 8.56. The van der Waals surface area contributed by atoms with Gasteiger partial charge < -0.3 is 10.6 Å². The predicted octanol–water partition coefficient (Wildman–Crippen LogP) is 2.36. The summed E-state index contributed by atoms with van der Waals surface area (Å²) in [7, 11) is 1.83. The Bertz CT molecular complexity index is 438. The van der Waals surface area contributed by atoms with E-state index in [1.54, 1.807) is 4.90 Å². The van der Waals surface area contributed by atoms with Crippen molar-refractivity contribution in [2.24, 2.45) is 11.1 Å². The minimum atomic E-state index is -0.0534. The van der Waals surface area contributed by atoms with Crippen LogP contribution in [-0.2, 0) is 0 Å². The van der Waals surface area contributed by atoms with Gasteiger partial charge in [-0.1, -0.05) is 31.5 Å². The molecule has 18 heavy (non-hydrogen) atoms. The second-order valence-electron chi connectivity index (χ2n) is 5.85. The van der Waals surface area contributed by atoms with Crippen LogP contribution in [0.2, 0.25) is 0 Å². The van der Waals surface area contributed by atoms with Crippen LogP contribution >= 0.6 is 0 Å². The number of benzene rings is 1. The molecule has 3 nitrogen and oxygen atoms in total. The number of hydrogen-bond acceptors (Lipinski definition) is 2. The van der Waals surface area contributed by atoms with Gasteiger partial charge in [-0.25, -0.2) is 0 Å². The Morgan fingerprint density at radius 3 is 2.50 bits per heavy atom. The van der Waals surface area contributed by atoms with Crippen molar-refractivity contribution >= 4 is 5.91 Å². The molecular formula is C15H24N2O. The highest BCUT2D eigenvalue weighted by Crippen LogP contribution is 2.18. The summed E-state index contributed by atoms with van der Waals surface area (Å²) in [5.74, 6) is 0.0673. The third kappa shape index (κ3) is 3.57. The lowest BCUT2D eigenvalue weighted by Gasteiger charge is -2.29. The molecule has 0 saturated heterocycles. The first kappa shape index (κ1) is 14.7. The van der Waals surface area contributed by atoms with Crippen LogP contribution in [0.4, 0.5) is 0 Å². The van der Waals surface area contributed by atoms with E-state index in [0.29, 0.717) is 13.1 Å². The largest absolute Gasteiger partial charge is 0.341 e. The van der Waals surface area contributed by atoms with Gasteiger partial charge >= 0.3 is 0 Å². The first-order valence-corrected chi connectivity index (χ1v) is 6.29. The van der Waals surface area contributed by atoms with Crippen molar-refractivity contribution in [2.75, 3.05) is 20.1 Å². The fourth-order valence-corrected chi connectivity index (χ4v) is 1.95. The van der Waals surface area contributed by atoms with Gasteiger partial charge in [0.2, 0.25) is 0 Å². The lowest BCUT2D eigenvalue weighted by Crippen LogP contribution is -2.40. The molecule has 0 bridgehead atoms. The average Bonchev–Trinajstić information content (AvgIpc) is 2.31. The molecule has 0 aliphatic carbocycles. The average molecular weight is 248 g/mol. The van der Waals surface area contributed by atoms with Crippen LogP contribution in [0.5, 0.6) is 0 Å². The molecule has 3 heteroatoms. The van der Waals surface area contributed by atoms with E-state index in [0.717, 1.165) is 16.7 Å². The Kier molecular flexibility index (Phi) is 4.52. The van der Waals surface area contributed by atoms with Crippen molar-refractivity contribution in [3.63, 3.8) is 0 Å². The van der Waals surface area contributed by atoms with E-state index >= 15 is 0 Å². The zero-order chi connectivity index (χ0) is 13.9. The molecule has 0 aliphatic rings. The van der Waals surface area contributed by atoms with E-state index in [1.165, 1.54) is 0 Å². The number of hydrogen-bond donors (Lipinski definition) is 1. The molecular weight excluding hydrogens is 224 g/mol. The standard InChI is InChI=1S/C15H24N2O/c1-11-6-7-12(2)13(8-11)14(18)17(5)10-15(3,4)9-16/h6-8H,9-10,16H2,1-5H3. The fourth-order valence-electron chi connectivity index (χ4n) is 1.95. The molecule has 100 valence electrons. The third-order valence-corrected chi connectivity index (χ3v) is 3.19. The molecule has 0 radical (unpaired) electrons. The van der Waals surface area contributed by atoms with Crippen molar-refractivity contribution in [3.05, 3.63) is 34.9 Å². The Morgan fingerprint density at radius 2 is 1.94 bits per heavy atom. The van der Waals surface area contributed by atoms with Gasteiger partial charge in [-0.05, 0) is 37.4 Å². The Hall–Kier alpha value is -1.35. The summed E-state index contributed by atoms with van der Waals surface area (Å²) in [6, 6.07) is 5.96. The molecule has 1 rings (SSSR count). The molecule has 1 aromatic rings. The van der Waals surface area contributed by atoms with E-state index < -0.39 is 0 Å². The van der Waals surface area contributed by atoms with Gasteiger partial charge in [0.25, 0.3) is 5.91 Å². The summed E-state index contributed by atoms with van der Waals surface area (Å²) < 4.78 is 0. The smallest absolute Gasteiger partial charge is 0.253 e. The Morgan fingerprint density at radius 1 is 1.33 bits per heavy atom. The van der Waals surface area contributed by atoms with E-state index in [9.17, 15) is 4.79 Å². The third-order valence-electron chi connectivity index (χ3n) is 3.19. The van der Waals surface area contributed by atoms with Gasteiger partial charge in [-0.3, -0.25) is 4.79 Å². The number of carbonyl (C=O) groups excluding carboxylic acids is 1. The Labute approximate surface area is 110 Å². The highest BCUT2D eigenvalue weighted by Gasteiger charge is 2.22. The monoisotopic (exact) mass is 248 g/mol. The van der Waals surface area contributed by atoms with Crippen LogP contribution in [-0.4, -0.2) is 30.9 Å². The fraction of sp³-hybridized carbons (Fsp3) is 0.533. The van der Waals surface area contributed by atoms with Crippen molar-refractivity contribution < 1.29 is 4.79 Å². The highest BCUT2D eigenvalue weighted by molar-refractivity contribution is 5.95. The molecule has 1 amide bonds. The SMILES string of the molecule is Cc1ccc(C)c(C(=O)N(C)CC(C)(C)CN)c1. The summed E-state index contributed by atoms with van der Waals surface area (Å²) in [4.78, 5) is 14.2. The van der Waals surface area contributed by atoms with Crippen LogP contribution < -0.4 is 5.73 Å². The lowest BCUT2D eigenvalue weighted by molar-refractivity contribution is 0.0739. The second-order valence-corrected chi connectivity index (χ2v) is 5.85. The van der Waals surface area contributed by atoms with Crippen LogP contribution in [0.15, 0.2) is 18.2 Å². The van der Waals surface area contributed by atoms with Crippen LogP contribution in [0.3, 0.4) is 0 Å². The van der Waals surface area contributed by atoms with Crippen molar-refractivity contribution in [3.8, 4) is 0 Å². The van der Waals surface area contributed by atoms with Gasteiger partial charge in [-0.15, -0.1) is 0 Å². The normalized spacial score (nSPS) is 11.4. The number of nitrogens with two attached hydrogens (primary N) is 1. The summed E-state index contributed by atoms with van der Waals surface area (Å²) in [6.07, 6.45) is 0. The van der Waals surface area contributed by atoms with Gasteiger partial charge in [-0.2, -0.15) is 0 Å². The maximum absolute atomic E-state index is 12.4. The molecule has 1 aromatic carbocycles. The number of amides is 1. The van der Waals surface area contributed by atoms with Gasteiger partial charge in [0.1, 0.15) is 0 Å². The van der Waals surface area contributed by atoms with Crippen molar-refractivity contribution in [2.45, 2.75) is 27.7 Å². The minimum absolute atomic E-state index is 0.0534. The molecule has 0 aromatic heterocycles. The van der Waals surface area contributed by atoms with Crippen molar-refractivity contribution in [1.29, 1.82) is 0 Å². The first-order valence-electron chi connectivity index (χ1n) is 6.29. The second kappa shape index (κ2) is 5.53. The van der Waals surface area contributed by atoms with Crippen LogP contribution in [0.1, 0.15) is 35.3 Å². The predicted molar refractivity (Wildman–Crippen MR) is 75.7 cm³/mol. The first-order chi connectivity index (χ1) is 8.26. The molecule has 0 fully saturated rings. The van der Waals surface area contributed by atoms with E-state index in [4.69, 9.17) is 5.73 Å². The van der Waals surface area contributed by atoms with Gasteiger partial charge in [0.15, 0.2) is 0 Å². The number of rotatable bonds is 4. The van der Waals surface area contributed by atoms with E-state index in [-0.39, 0.29) is 11.3 Å². The van der Waals surface area contributed by atoms with Crippen LogP contribution in [0, 0.1) is 19.3 Å². The van der Waals surface area contributed by atoms with E-state index in [1.807, 2.05) is 39.1 Å². The van der Waals surface area contributed by atoms with Gasteiger partial charge in [0, 0.05) is 19.2 Å². The maximum Gasteiger partial charge on any atom is 0.253 e. The number of nitrogens with zero attached hydrogens (tertiary/aromatic N) is 1. The molecule has 0 spiro atoms.